The van der Waals surface area contributed by atoms with Crippen molar-refractivity contribution in [2.75, 3.05) is 0 Å². The maximum atomic E-state index is 12.3. The van der Waals surface area contributed by atoms with E-state index < -0.39 is 11.9 Å². The van der Waals surface area contributed by atoms with Crippen molar-refractivity contribution in [1.82, 2.24) is 0 Å². The molecule has 0 aliphatic heterocycles. The van der Waals surface area contributed by atoms with Crippen LogP contribution < -0.4 is 0 Å². The van der Waals surface area contributed by atoms with Crippen LogP contribution >= 0.6 is 0 Å². The van der Waals surface area contributed by atoms with Gasteiger partial charge in [0.25, 0.3) is 0 Å². The molecular weight excluding hydrogens is 312 g/mol. The molecule has 3 heteroatoms. The maximum Gasteiger partial charge on any atom is 0.311 e. The average Bonchev–Trinajstić information content (AvgIpc) is 2.62. The number of phenols is 1. The molecule has 2 N–H and O–H groups in total. The molecule has 3 rings (SSSR count). The zero-order valence-corrected chi connectivity index (χ0v) is 14.2. The second kappa shape index (κ2) is 7.39. The number of carboxylic acid groups (broad SMARTS) is 1. The fraction of sp³-hybridized carbons (Fsp3) is 0.227. The maximum absolute atomic E-state index is 12.3. The lowest BCUT2D eigenvalue weighted by molar-refractivity contribution is -0.139. The minimum absolute atomic E-state index is 0.145. The molecule has 2 atom stereocenters. The van der Waals surface area contributed by atoms with Crippen molar-refractivity contribution in [3.8, 4) is 5.75 Å². The smallest absolute Gasteiger partial charge is 0.311 e. The van der Waals surface area contributed by atoms with Crippen LogP contribution in [-0.2, 0) is 4.79 Å². The molecule has 0 aliphatic carbocycles. The van der Waals surface area contributed by atoms with Crippen LogP contribution in [0.25, 0.3) is 10.8 Å². The number of aliphatic carboxylic acids is 1. The van der Waals surface area contributed by atoms with Gasteiger partial charge in [0, 0.05) is 5.92 Å². The first-order valence-corrected chi connectivity index (χ1v) is 8.61. The zero-order valence-electron chi connectivity index (χ0n) is 14.2. The van der Waals surface area contributed by atoms with E-state index in [0.717, 1.165) is 34.7 Å². The molecule has 0 bridgehead atoms. The Bertz CT molecular complexity index is 863. The largest absolute Gasteiger partial charge is 0.508 e. The molecule has 128 valence electrons. The molecule has 3 nitrogen and oxygen atoms in total. The second-order valence-corrected chi connectivity index (χ2v) is 6.37. The van der Waals surface area contributed by atoms with E-state index in [1.807, 2.05) is 54.6 Å². The van der Waals surface area contributed by atoms with Crippen LogP contribution in [-0.4, -0.2) is 16.2 Å². The van der Waals surface area contributed by atoms with E-state index in [2.05, 4.69) is 6.92 Å². The Morgan fingerprint density at radius 2 is 1.64 bits per heavy atom. The van der Waals surface area contributed by atoms with Crippen molar-refractivity contribution in [3.05, 3.63) is 77.9 Å². The monoisotopic (exact) mass is 334 g/mol. The van der Waals surface area contributed by atoms with Crippen molar-refractivity contribution in [2.45, 2.75) is 31.6 Å². The first kappa shape index (κ1) is 17.0. The summed E-state index contributed by atoms with van der Waals surface area (Å²) in [5.41, 5.74) is 1.79. The van der Waals surface area contributed by atoms with Gasteiger partial charge in [0.15, 0.2) is 0 Å². The van der Waals surface area contributed by atoms with Gasteiger partial charge in [-0.2, -0.15) is 0 Å². The Morgan fingerprint density at radius 3 is 2.32 bits per heavy atom. The lowest BCUT2D eigenvalue weighted by Crippen LogP contribution is -2.20. The molecule has 0 saturated heterocycles. The summed E-state index contributed by atoms with van der Waals surface area (Å²) in [7, 11) is 0. The van der Waals surface area contributed by atoms with E-state index in [4.69, 9.17) is 0 Å². The zero-order chi connectivity index (χ0) is 17.8. The number of benzene rings is 3. The topological polar surface area (TPSA) is 57.5 Å². The molecule has 0 radical (unpaired) electrons. The number of phenolic OH excluding ortho intramolecular Hbond substituents is 1. The number of carboxylic acids is 1. The molecule has 0 heterocycles. The first-order chi connectivity index (χ1) is 12.1. The highest BCUT2D eigenvalue weighted by Crippen LogP contribution is 2.40. The normalized spacial score (nSPS) is 13.5. The van der Waals surface area contributed by atoms with E-state index in [1.165, 1.54) is 0 Å². The summed E-state index contributed by atoms with van der Waals surface area (Å²) < 4.78 is 0. The van der Waals surface area contributed by atoms with Crippen LogP contribution in [0.2, 0.25) is 0 Å². The van der Waals surface area contributed by atoms with Crippen LogP contribution in [0.3, 0.4) is 0 Å². The Labute approximate surface area is 147 Å². The number of carbonyl (C=O) groups is 1. The van der Waals surface area contributed by atoms with Crippen LogP contribution in [0, 0.1) is 0 Å². The molecule has 0 amide bonds. The minimum atomic E-state index is -0.817. The van der Waals surface area contributed by atoms with Crippen LogP contribution in [0.15, 0.2) is 66.7 Å². The quantitative estimate of drug-likeness (QED) is 0.643. The van der Waals surface area contributed by atoms with E-state index in [0.29, 0.717) is 0 Å². The number of aromatic hydroxyl groups is 1. The van der Waals surface area contributed by atoms with Gasteiger partial charge in [0.1, 0.15) is 5.75 Å². The van der Waals surface area contributed by atoms with Gasteiger partial charge in [-0.25, -0.2) is 0 Å². The summed E-state index contributed by atoms with van der Waals surface area (Å²) in [6.45, 7) is 2.06. The SMILES string of the molecule is CCCC(c1ccc(O)cc1)C(C(=O)O)c1cccc2ccccc12. The Balaban J connectivity index is 2.15. The molecule has 0 spiro atoms. The number of hydrogen-bond acceptors (Lipinski definition) is 2. The van der Waals surface area contributed by atoms with E-state index in [1.54, 1.807) is 12.1 Å². The second-order valence-electron chi connectivity index (χ2n) is 6.37. The Hall–Kier alpha value is -2.81. The third-order valence-electron chi connectivity index (χ3n) is 4.75. The van der Waals surface area contributed by atoms with Gasteiger partial charge in [-0.15, -0.1) is 0 Å². The molecule has 0 saturated carbocycles. The molecule has 3 aromatic carbocycles. The van der Waals surface area contributed by atoms with Gasteiger partial charge in [-0.1, -0.05) is 67.9 Å². The lowest BCUT2D eigenvalue weighted by Gasteiger charge is -2.26. The summed E-state index contributed by atoms with van der Waals surface area (Å²) in [5.74, 6) is -1.40. The standard InChI is InChI=1S/C22H22O3/c1-2-6-19(16-11-13-17(23)14-12-16)21(22(24)25)20-10-5-8-15-7-3-4-9-18(15)20/h3-5,7-14,19,21,23H,2,6H2,1H3,(H,24,25). The van der Waals surface area contributed by atoms with E-state index in [9.17, 15) is 15.0 Å². The van der Waals surface area contributed by atoms with Crippen LogP contribution in [0.1, 0.15) is 42.7 Å². The summed E-state index contributed by atoms with van der Waals surface area (Å²) in [6.07, 6.45) is 1.66. The number of hydrogen-bond donors (Lipinski definition) is 2. The van der Waals surface area contributed by atoms with Crippen molar-refractivity contribution in [2.24, 2.45) is 0 Å². The highest BCUT2D eigenvalue weighted by atomic mass is 16.4. The van der Waals surface area contributed by atoms with Gasteiger partial charge < -0.3 is 10.2 Å². The summed E-state index contributed by atoms with van der Waals surface area (Å²) in [5, 5.41) is 21.6. The van der Waals surface area contributed by atoms with E-state index >= 15 is 0 Å². The predicted molar refractivity (Wildman–Crippen MR) is 100 cm³/mol. The third-order valence-corrected chi connectivity index (χ3v) is 4.75. The number of rotatable bonds is 6. The predicted octanol–water partition coefficient (Wildman–Crippen LogP) is 5.30. The summed E-state index contributed by atoms with van der Waals surface area (Å²) in [6, 6.07) is 20.7. The Kier molecular flexibility index (Phi) is 5.03. The third kappa shape index (κ3) is 3.50. The number of fused-ring (bicyclic) bond motifs is 1. The summed E-state index contributed by atoms with van der Waals surface area (Å²) in [4.78, 5) is 12.3. The van der Waals surface area contributed by atoms with Gasteiger partial charge >= 0.3 is 5.97 Å². The van der Waals surface area contributed by atoms with Crippen molar-refractivity contribution in [1.29, 1.82) is 0 Å². The fourth-order valence-electron chi connectivity index (χ4n) is 3.60. The highest BCUT2D eigenvalue weighted by molar-refractivity contribution is 5.91. The van der Waals surface area contributed by atoms with Gasteiger partial charge in [-0.05, 0) is 40.5 Å². The van der Waals surface area contributed by atoms with Crippen LogP contribution in [0.4, 0.5) is 0 Å². The Morgan fingerprint density at radius 1 is 0.960 bits per heavy atom. The molecule has 0 aromatic heterocycles. The van der Waals surface area contributed by atoms with Gasteiger partial charge in [0.05, 0.1) is 5.92 Å². The van der Waals surface area contributed by atoms with Crippen molar-refractivity contribution < 1.29 is 15.0 Å². The molecule has 0 fully saturated rings. The van der Waals surface area contributed by atoms with E-state index in [-0.39, 0.29) is 11.7 Å². The molecule has 2 unspecified atom stereocenters. The fourth-order valence-corrected chi connectivity index (χ4v) is 3.60. The first-order valence-electron chi connectivity index (χ1n) is 8.61. The lowest BCUT2D eigenvalue weighted by atomic mass is 9.77. The van der Waals surface area contributed by atoms with Crippen LogP contribution in [0.5, 0.6) is 5.75 Å². The summed E-state index contributed by atoms with van der Waals surface area (Å²) >= 11 is 0. The van der Waals surface area contributed by atoms with Gasteiger partial charge in [-0.3, -0.25) is 4.79 Å². The minimum Gasteiger partial charge on any atom is -0.508 e. The highest BCUT2D eigenvalue weighted by Gasteiger charge is 2.31. The molecule has 3 aromatic rings. The van der Waals surface area contributed by atoms with Crippen molar-refractivity contribution in [3.63, 3.8) is 0 Å². The molecule has 25 heavy (non-hydrogen) atoms. The average molecular weight is 334 g/mol. The van der Waals surface area contributed by atoms with Crippen molar-refractivity contribution >= 4 is 16.7 Å². The van der Waals surface area contributed by atoms with Gasteiger partial charge in [0.2, 0.25) is 0 Å². The molecule has 0 aliphatic rings. The molecular formula is C22H22O3.